The van der Waals surface area contributed by atoms with Gasteiger partial charge in [-0.05, 0) is 30.2 Å². The fraction of sp³-hybridized carbons (Fsp3) is 0.333. The number of benzene rings is 1. The molecular weight excluding hydrogens is 271 g/mol. The fourth-order valence-corrected chi connectivity index (χ4v) is 2.05. The van der Waals surface area contributed by atoms with Crippen LogP contribution in [0, 0.1) is 11.7 Å². The molecule has 0 bridgehead atoms. The van der Waals surface area contributed by atoms with Crippen molar-refractivity contribution in [2.75, 3.05) is 5.32 Å². The van der Waals surface area contributed by atoms with E-state index in [1.807, 2.05) is 31.7 Å². The van der Waals surface area contributed by atoms with Crippen molar-refractivity contribution in [3.05, 3.63) is 48.3 Å². The molecule has 0 aliphatic rings. The van der Waals surface area contributed by atoms with Crippen LogP contribution in [-0.2, 0) is 7.05 Å². The molecule has 1 aromatic carbocycles. The summed E-state index contributed by atoms with van der Waals surface area (Å²) in [5.41, 5.74) is 0.538. The molecule has 0 unspecified atom stereocenters. The summed E-state index contributed by atoms with van der Waals surface area (Å²) < 4.78 is 14.7. The van der Waals surface area contributed by atoms with Gasteiger partial charge in [-0.15, -0.1) is 0 Å². The molecule has 21 heavy (non-hydrogen) atoms. The minimum absolute atomic E-state index is 0.185. The van der Waals surface area contributed by atoms with Gasteiger partial charge in [0.2, 0.25) is 0 Å². The maximum Gasteiger partial charge on any atom is 0.319 e. The predicted molar refractivity (Wildman–Crippen MR) is 79.3 cm³/mol. The van der Waals surface area contributed by atoms with Crippen molar-refractivity contribution >= 4 is 11.7 Å². The van der Waals surface area contributed by atoms with Gasteiger partial charge in [0.05, 0.1) is 6.04 Å². The summed E-state index contributed by atoms with van der Waals surface area (Å²) in [6.07, 6.45) is 3.54. The Morgan fingerprint density at radius 1 is 1.29 bits per heavy atom. The second kappa shape index (κ2) is 6.39. The highest BCUT2D eigenvalue weighted by Crippen LogP contribution is 2.19. The maximum atomic E-state index is 12.8. The Hall–Kier alpha value is -2.37. The lowest BCUT2D eigenvalue weighted by atomic mass is 10.0. The molecule has 0 radical (unpaired) electrons. The summed E-state index contributed by atoms with van der Waals surface area (Å²) in [7, 11) is 1.89. The van der Waals surface area contributed by atoms with Crippen molar-refractivity contribution in [3.8, 4) is 0 Å². The normalized spacial score (nSPS) is 12.2. The Labute approximate surface area is 123 Å². The first-order chi connectivity index (χ1) is 9.97. The van der Waals surface area contributed by atoms with Gasteiger partial charge in [0.15, 0.2) is 0 Å². The van der Waals surface area contributed by atoms with E-state index in [1.165, 1.54) is 24.3 Å². The SMILES string of the molecule is CC(C)[C@H](NC(=O)Nc1ccc(F)cc1)c1nccn1C. The molecule has 0 spiro atoms. The molecule has 2 amide bonds. The van der Waals surface area contributed by atoms with Crippen molar-refractivity contribution in [2.45, 2.75) is 19.9 Å². The number of imidazole rings is 1. The predicted octanol–water partition coefficient (Wildman–Crippen LogP) is 3.08. The summed E-state index contributed by atoms with van der Waals surface area (Å²) >= 11 is 0. The van der Waals surface area contributed by atoms with E-state index in [4.69, 9.17) is 0 Å². The van der Waals surface area contributed by atoms with Crippen LogP contribution in [-0.4, -0.2) is 15.6 Å². The van der Waals surface area contributed by atoms with E-state index in [1.54, 1.807) is 6.20 Å². The van der Waals surface area contributed by atoms with Crippen molar-refractivity contribution < 1.29 is 9.18 Å². The number of hydrogen-bond donors (Lipinski definition) is 2. The molecule has 6 heteroatoms. The maximum absolute atomic E-state index is 12.8. The summed E-state index contributed by atoms with van der Waals surface area (Å²) in [4.78, 5) is 16.3. The van der Waals surface area contributed by atoms with E-state index in [2.05, 4.69) is 15.6 Å². The minimum Gasteiger partial charge on any atom is -0.336 e. The van der Waals surface area contributed by atoms with E-state index in [0.717, 1.165) is 5.82 Å². The van der Waals surface area contributed by atoms with Gasteiger partial charge in [-0.3, -0.25) is 0 Å². The van der Waals surface area contributed by atoms with Gasteiger partial charge in [-0.25, -0.2) is 14.2 Å². The monoisotopic (exact) mass is 290 g/mol. The molecule has 5 nitrogen and oxygen atoms in total. The van der Waals surface area contributed by atoms with Gasteiger partial charge in [0.1, 0.15) is 11.6 Å². The Balaban J connectivity index is 2.05. The Morgan fingerprint density at radius 3 is 2.48 bits per heavy atom. The number of hydrogen-bond acceptors (Lipinski definition) is 2. The third kappa shape index (κ3) is 3.81. The molecule has 2 rings (SSSR count). The van der Waals surface area contributed by atoms with E-state index in [9.17, 15) is 9.18 Å². The minimum atomic E-state index is -0.344. The highest BCUT2D eigenvalue weighted by molar-refractivity contribution is 5.89. The first kappa shape index (κ1) is 15.0. The van der Waals surface area contributed by atoms with Crippen molar-refractivity contribution in [3.63, 3.8) is 0 Å². The van der Waals surface area contributed by atoms with Crippen LogP contribution in [0.5, 0.6) is 0 Å². The van der Waals surface area contributed by atoms with E-state index in [0.29, 0.717) is 5.69 Å². The van der Waals surface area contributed by atoms with Crippen LogP contribution in [0.2, 0.25) is 0 Å². The number of nitrogens with zero attached hydrogens (tertiary/aromatic N) is 2. The lowest BCUT2D eigenvalue weighted by molar-refractivity contribution is 0.243. The van der Waals surface area contributed by atoms with Gasteiger partial charge >= 0.3 is 6.03 Å². The Bertz CT molecular complexity index is 606. The molecular formula is C15H19FN4O. The zero-order chi connectivity index (χ0) is 15.4. The first-order valence-corrected chi connectivity index (χ1v) is 6.77. The van der Waals surface area contributed by atoms with Crippen molar-refractivity contribution in [1.29, 1.82) is 0 Å². The number of rotatable bonds is 4. The number of carbonyl (C=O) groups is 1. The summed E-state index contributed by atoms with van der Waals surface area (Å²) in [6, 6.07) is 5.08. The van der Waals surface area contributed by atoms with Gasteiger partial charge in [-0.1, -0.05) is 13.8 Å². The van der Waals surface area contributed by atoms with Crippen LogP contribution in [0.15, 0.2) is 36.7 Å². The van der Waals surface area contributed by atoms with E-state index in [-0.39, 0.29) is 23.8 Å². The number of urea groups is 1. The molecule has 2 aromatic rings. The number of halogens is 1. The highest BCUT2D eigenvalue weighted by Gasteiger charge is 2.21. The molecule has 0 aliphatic heterocycles. The molecule has 0 saturated carbocycles. The van der Waals surface area contributed by atoms with Crippen LogP contribution < -0.4 is 10.6 Å². The molecule has 0 aliphatic carbocycles. The molecule has 1 heterocycles. The summed E-state index contributed by atoms with van der Waals surface area (Å²) in [6.45, 7) is 4.02. The highest BCUT2D eigenvalue weighted by atomic mass is 19.1. The number of amides is 2. The fourth-order valence-electron chi connectivity index (χ4n) is 2.05. The lowest BCUT2D eigenvalue weighted by Gasteiger charge is -2.22. The van der Waals surface area contributed by atoms with Crippen LogP contribution in [0.3, 0.4) is 0 Å². The van der Waals surface area contributed by atoms with E-state index < -0.39 is 0 Å². The molecule has 0 fully saturated rings. The van der Waals surface area contributed by atoms with Crippen molar-refractivity contribution in [1.82, 2.24) is 14.9 Å². The van der Waals surface area contributed by atoms with Crippen molar-refractivity contribution in [2.24, 2.45) is 13.0 Å². The van der Waals surface area contributed by atoms with E-state index >= 15 is 0 Å². The average Bonchev–Trinajstić information content (AvgIpc) is 2.84. The Morgan fingerprint density at radius 2 is 1.95 bits per heavy atom. The first-order valence-electron chi connectivity index (χ1n) is 6.77. The largest absolute Gasteiger partial charge is 0.336 e. The molecule has 2 N–H and O–H groups in total. The second-order valence-electron chi connectivity index (χ2n) is 5.22. The molecule has 1 aromatic heterocycles. The number of aromatic nitrogens is 2. The van der Waals surface area contributed by atoms with Crippen LogP contribution >= 0.6 is 0 Å². The third-order valence-electron chi connectivity index (χ3n) is 3.19. The lowest BCUT2D eigenvalue weighted by Crippen LogP contribution is -2.36. The zero-order valence-electron chi connectivity index (χ0n) is 12.3. The van der Waals surface area contributed by atoms with Gasteiger partial charge < -0.3 is 15.2 Å². The van der Waals surface area contributed by atoms with Crippen LogP contribution in [0.1, 0.15) is 25.7 Å². The summed E-state index contributed by atoms with van der Waals surface area (Å²) in [5.74, 6) is 0.637. The summed E-state index contributed by atoms with van der Waals surface area (Å²) in [5, 5.41) is 5.58. The number of carbonyl (C=O) groups excluding carboxylic acids is 1. The molecule has 112 valence electrons. The van der Waals surface area contributed by atoms with Crippen LogP contribution in [0.4, 0.5) is 14.9 Å². The smallest absolute Gasteiger partial charge is 0.319 e. The third-order valence-corrected chi connectivity index (χ3v) is 3.19. The van der Waals surface area contributed by atoms with Gasteiger partial charge in [0, 0.05) is 25.1 Å². The molecule has 1 atom stereocenters. The number of aryl methyl sites for hydroxylation is 1. The van der Waals surface area contributed by atoms with Gasteiger partial charge in [-0.2, -0.15) is 0 Å². The number of nitrogens with one attached hydrogen (secondary N) is 2. The quantitative estimate of drug-likeness (QED) is 0.909. The zero-order valence-corrected chi connectivity index (χ0v) is 12.3. The molecule has 0 saturated heterocycles. The average molecular weight is 290 g/mol. The standard InChI is InChI=1S/C15H19FN4O/c1-10(2)13(14-17-8-9-20(14)3)19-15(21)18-12-6-4-11(16)5-7-12/h4-10,13H,1-3H3,(H2,18,19,21)/t13-/m0/s1. The second-order valence-corrected chi connectivity index (χ2v) is 5.22. The van der Waals surface area contributed by atoms with Crippen LogP contribution in [0.25, 0.3) is 0 Å². The van der Waals surface area contributed by atoms with Gasteiger partial charge in [0.25, 0.3) is 0 Å². The number of anilines is 1. The topological polar surface area (TPSA) is 59.0 Å². The Kier molecular flexibility index (Phi) is 4.57.